The van der Waals surface area contributed by atoms with E-state index in [0.717, 1.165) is 88.2 Å². The summed E-state index contributed by atoms with van der Waals surface area (Å²) in [5, 5.41) is 0. The molecule has 0 saturated heterocycles. The van der Waals surface area contributed by atoms with E-state index in [1.165, 1.54) is 24.8 Å². The molecule has 0 heterocycles. The zero-order valence-electron chi connectivity index (χ0n) is 29.0. The number of rotatable bonds is 9. The van der Waals surface area contributed by atoms with Crippen LogP contribution >= 0.6 is 0 Å². The Bertz CT molecular complexity index is 1850. The molecule has 0 spiro atoms. The average Bonchev–Trinajstić information content (AvgIpc) is 3.73. The van der Waals surface area contributed by atoms with Crippen LogP contribution in [0.5, 0.6) is 5.75 Å². The number of ether oxygens (including phenoxy) is 1. The fourth-order valence-electron chi connectivity index (χ4n) is 10.0. The van der Waals surface area contributed by atoms with Gasteiger partial charge >= 0.3 is 5.97 Å². The topological polar surface area (TPSA) is 127 Å². The molecule has 2 aromatic rings. The number of halogens is 4. The SMILES string of the molecule is O=C(Oc1c(F)c(F)c(S(=O)(=O)[O-])c(F)c1F)C1CC2CC1CC2OS(=O)(=O)c1c(C2CCCCC2)cc(C2CCCCC2)cc1C1CCCCC1. The van der Waals surface area contributed by atoms with Crippen molar-refractivity contribution >= 4 is 26.2 Å². The van der Waals surface area contributed by atoms with Gasteiger partial charge in [-0.2, -0.15) is 17.2 Å². The monoisotopic (exact) mass is 769 g/mol. The lowest BCUT2D eigenvalue weighted by atomic mass is 9.76. The maximum Gasteiger partial charge on any atom is 0.314 e. The van der Waals surface area contributed by atoms with E-state index >= 15 is 0 Å². The van der Waals surface area contributed by atoms with Crippen LogP contribution in [0.3, 0.4) is 0 Å². The Kier molecular flexibility index (Phi) is 10.8. The molecule has 8 nitrogen and oxygen atoms in total. The predicted molar refractivity (Wildman–Crippen MR) is 180 cm³/mol. The lowest BCUT2D eigenvalue weighted by molar-refractivity contribution is -0.141. The Balaban J connectivity index is 1.14. The number of hydrogen-bond acceptors (Lipinski definition) is 8. The predicted octanol–water partition coefficient (Wildman–Crippen LogP) is 9.02. The van der Waals surface area contributed by atoms with Gasteiger partial charge in [0.25, 0.3) is 10.1 Å². The van der Waals surface area contributed by atoms with Crippen molar-refractivity contribution in [2.45, 2.75) is 149 Å². The number of carbonyl (C=O) groups is 1. The summed E-state index contributed by atoms with van der Waals surface area (Å²) in [7, 11) is -10.2. The molecule has 7 rings (SSSR count). The minimum absolute atomic E-state index is 0.0521. The van der Waals surface area contributed by atoms with Gasteiger partial charge in [-0.05, 0) is 104 Å². The zero-order valence-corrected chi connectivity index (χ0v) is 30.7. The largest absolute Gasteiger partial charge is 0.744 e. The Hall–Kier alpha value is -2.55. The van der Waals surface area contributed by atoms with Gasteiger partial charge in [-0.1, -0.05) is 69.9 Å². The molecule has 2 bridgehead atoms. The summed E-state index contributed by atoms with van der Waals surface area (Å²) in [5.41, 5.74) is 3.01. The summed E-state index contributed by atoms with van der Waals surface area (Å²) in [6, 6.07) is 4.34. The van der Waals surface area contributed by atoms with Gasteiger partial charge in [0.2, 0.25) is 17.4 Å². The van der Waals surface area contributed by atoms with E-state index in [1.54, 1.807) is 0 Å². The number of carbonyl (C=O) groups excluding carboxylic acids is 1. The highest BCUT2D eigenvalue weighted by Crippen LogP contribution is 2.52. The van der Waals surface area contributed by atoms with Crippen molar-refractivity contribution in [3.05, 3.63) is 52.1 Å². The van der Waals surface area contributed by atoms with Crippen LogP contribution in [0.25, 0.3) is 0 Å². The first-order valence-electron chi connectivity index (χ1n) is 18.9. The Labute approximate surface area is 302 Å². The van der Waals surface area contributed by atoms with Gasteiger partial charge in [0.05, 0.1) is 12.0 Å². The van der Waals surface area contributed by atoms with Crippen molar-refractivity contribution in [3.8, 4) is 5.75 Å². The van der Waals surface area contributed by atoms with Crippen molar-refractivity contribution < 1.29 is 52.7 Å². The molecule has 0 amide bonds. The molecule has 52 heavy (non-hydrogen) atoms. The molecule has 14 heteroatoms. The van der Waals surface area contributed by atoms with Crippen molar-refractivity contribution in [3.63, 3.8) is 0 Å². The van der Waals surface area contributed by atoms with Crippen molar-refractivity contribution in [2.75, 3.05) is 0 Å². The van der Waals surface area contributed by atoms with E-state index in [4.69, 9.17) is 8.92 Å². The molecule has 0 aromatic heterocycles. The second-order valence-corrected chi connectivity index (χ2v) is 18.6. The van der Waals surface area contributed by atoms with Crippen molar-refractivity contribution in [1.82, 2.24) is 0 Å². The first-order valence-corrected chi connectivity index (χ1v) is 21.7. The molecule has 5 fully saturated rings. The highest BCUT2D eigenvalue weighted by molar-refractivity contribution is 7.87. The maximum atomic E-state index is 14.6. The van der Waals surface area contributed by atoms with Crippen LogP contribution in [0.15, 0.2) is 21.9 Å². The van der Waals surface area contributed by atoms with Gasteiger partial charge in [0.1, 0.15) is 19.9 Å². The average molecular weight is 770 g/mol. The molecule has 2 aromatic carbocycles. The van der Waals surface area contributed by atoms with Crippen molar-refractivity contribution in [2.24, 2.45) is 17.8 Å². The minimum Gasteiger partial charge on any atom is -0.744 e. The lowest BCUT2D eigenvalue weighted by Gasteiger charge is -2.33. The smallest absolute Gasteiger partial charge is 0.314 e. The van der Waals surface area contributed by atoms with Crippen LogP contribution in [-0.2, 0) is 29.2 Å². The van der Waals surface area contributed by atoms with Crippen molar-refractivity contribution in [1.29, 1.82) is 0 Å². The van der Waals surface area contributed by atoms with Crippen LogP contribution in [0.1, 0.15) is 150 Å². The maximum absolute atomic E-state index is 14.6. The van der Waals surface area contributed by atoms with Crippen LogP contribution in [0.2, 0.25) is 0 Å². The summed E-state index contributed by atoms with van der Waals surface area (Å²) < 4.78 is 132. The quantitative estimate of drug-likeness (QED) is 0.0618. The molecular weight excluding hydrogens is 725 g/mol. The van der Waals surface area contributed by atoms with E-state index in [-0.39, 0.29) is 24.7 Å². The van der Waals surface area contributed by atoms with Crippen LogP contribution in [0.4, 0.5) is 17.6 Å². The highest BCUT2D eigenvalue weighted by Gasteiger charge is 2.52. The molecule has 0 N–H and O–H groups in total. The van der Waals surface area contributed by atoms with E-state index in [1.807, 2.05) is 0 Å². The summed E-state index contributed by atoms with van der Waals surface area (Å²) in [4.78, 5) is 11.1. The number of hydrogen-bond donors (Lipinski definition) is 0. The van der Waals surface area contributed by atoms with Gasteiger partial charge in [-0.15, -0.1) is 0 Å². The number of fused-ring (bicyclic) bond motifs is 2. The number of esters is 1. The van der Waals surface area contributed by atoms with E-state index in [9.17, 15) is 43.7 Å². The fourth-order valence-corrected chi connectivity index (χ4v) is 12.3. The van der Waals surface area contributed by atoms with Crippen LogP contribution < -0.4 is 4.74 Å². The lowest BCUT2D eigenvalue weighted by Crippen LogP contribution is -2.33. The Morgan fingerprint density at radius 2 is 1.10 bits per heavy atom. The zero-order chi connectivity index (χ0) is 36.9. The second-order valence-electron chi connectivity index (χ2n) is 15.7. The van der Waals surface area contributed by atoms with E-state index in [0.29, 0.717) is 17.2 Å². The third-order valence-corrected chi connectivity index (χ3v) is 14.9. The van der Waals surface area contributed by atoms with Crippen LogP contribution in [0, 0.1) is 41.0 Å². The minimum atomic E-state index is -5.93. The standard InChI is InChI=1S/C38H46F4O8S2/c39-31-33(41)37(51(44,45)46)34(42)32(40)35(31)49-38(43)29-19-26-16-25(29)20-30(26)50-52(47,48)36-27(22-12-6-2-7-13-22)17-24(21-10-4-1-5-11-21)18-28(36)23-14-8-3-9-15-23/h17-18,21-23,25-26,29-30H,1-16,19-20H2,(H,44,45,46)/p-1. The molecule has 0 aliphatic heterocycles. The third kappa shape index (κ3) is 7.30. The molecule has 0 radical (unpaired) electrons. The second kappa shape index (κ2) is 14.9. The third-order valence-electron chi connectivity index (χ3n) is 12.6. The first kappa shape index (κ1) is 37.8. The molecule has 5 saturated carbocycles. The molecule has 4 atom stereocenters. The first-order chi connectivity index (χ1) is 24.7. The number of benzene rings is 2. The molecule has 286 valence electrons. The highest BCUT2D eigenvalue weighted by atomic mass is 32.2. The Morgan fingerprint density at radius 1 is 0.615 bits per heavy atom. The van der Waals surface area contributed by atoms with Gasteiger partial charge in [0, 0.05) is 0 Å². The van der Waals surface area contributed by atoms with Gasteiger partial charge in [-0.25, -0.2) is 17.2 Å². The summed E-state index contributed by atoms with van der Waals surface area (Å²) in [6.45, 7) is 0. The normalized spacial score (nSPS) is 26.6. The van der Waals surface area contributed by atoms with Gasteiger partial charge in [-0.3, -0.25) is 8.98 Å². The molecule has 4 unspecified atom stereocenters. The van der Waals surface area contributed by atoms with E-state index < -0.39 is 84.0 Å². The van der Waals surface area contributed by atoms with Gasteiger partial charge in [0.15, 0.2) is 11.6 Å². The Morgan fingerprint density at radius 3 is 1.54 bits per heavy atom. The fraction of sp³-hybridized carbons (Fsp3) is 0.658. The van der Waals surface area contributed by atoms with Crippen LogP contribution in [-0.4, -0.2) is 33.5 Å². The molecular formula is C38H45F4O8S2-. The summed E-state index contributed by atoms with van der Waals surface area (Å²) in [5.74, 6) is -13.9. The summed E-state index contributed by atoms with van der Waals surface area (Å²) in [6.07, 6.45) is 15.6. The molecule has 5 aliphatic carbocycles. The molecule has 5 aliphatic rings. The van der Waals surface area contributed by atoms with E-state index in [2.05, 4.69) is 12.1 Å². The summed E-state index contributed by atoms with van der Waals surface area (Å²) >= 11 is 0. The van der Waals surface area contributed by atoms with Gasteiger partial charge < -0.3 is 9.29 Å².